The molecule has 0 radical (unpaired) electrons. The molecule has 8 aromatic carbocycles. The van der Waals surface area contributed by atoms with Gasteiger partial charge in [0.1, 0.15) is 0 Å². The number of hydrogen-bond acceptors (Lipinski definition) is 1. The molecular formula is C55H38N2S. The molecule has 12 rings (SSSR count). The third kappa shape index (κ3) is 4.97. The number of benzene rings is 8. The van der Waals surface area contributed by atoms with E-state index < -0.39 is 0 Å². The minimum Gasteiger partial charge on any atom is -0.310 e. The number of nitrogens with zero attached hydrogens (tertiary/aromatic N) is 2. The summed E-state index contributed by atoms with van der Waals surface area (Å²) in [5, 5.41) is 6.51. The van der Waals surface area contributed by atoms with Crippen LogP contribution in [-0.4, -0.2) is 9.13 Å². The molecule has 274 valence electrons. The molecule has 1 unspecified atom stereocenters. The Bertz CT molecular complexity index is 3430. The summed E-state index contributed by atoms with van der Waals surface area (Å²) < 4.78 is 7.55. The Morgan fingerprint density at radius 3 is 1.98 bits per heavy atom. The number of thiophene rings is 1. The molecule has 3 aromatic heterocycles. The summed E-state index contributed by atoms with van der Waals surface area (Å²) >= 11 is 1.90. The van der Waals surface area contributed by atoms with E-state index in [2.05, 4.69) is 216 Å². The van der Waals surface area contributed by atoms with Gasteiger partial charge in [0.15, 0.2) is 0 Å². The zero-order valence-corrected chi connectivity index (χ0v) is 32.9. The maximum atomic E-state index is 2.51. The highest BCUT2D eigenvalue weighted by Crippen LogP contribution is 2.47. The summed E-state index contributed by atoms with van der Waals surface area (Å²) in [6.45, 7) is 2.41. The molecule has 1 aliphatic carbocycles. The number of hydrogen-bond donors (Lipinski definition) is 0. The lowest BCUT2D eigenvalue weighted by Gasteiger charge is -2.30. The van der Waals surface area contributed by atoms with Crippen LogP contribution in [0.15, 0.2) is 194 Å². The molecule has 0 spiro atoms. The zero-order chi connectivity index (χ0) is 38.4. The van der Waals surface area contributed by atoms with Gasteiger partial charge in [0.2, 0.25) is 0 Å². The van der Waals surface area contributed by atoms with Crippen molar-refractivity contribution in [3.8, 4) is 33.6 Å². The second-order valence-electron chi connectivity index (χ2n) is 15.9. The van der Waals surface area contributed by atoms with E-state index in [9.17, 15) is 0 Å². The molecule has 2 nitrogen and oxygen atoms in total. The molecule has 0 fully saturated rings. The SMILES string of the molecule is CC1(c2ccc3c(c2)c2ccccc2n3-c2ccc(-c3cccc(-c4ccccc4)c3)c3c2sc2ccccc23)C=Cc2c(c3ccccc3n2-c2ccccc2)C1. The number of allylic oxidation sites excluding steroid dienone is 1. The third-order valence-electron chi connectivity index (χ3n) is 12.5. The van der Waals surface area contributed by atoms with Gasteiger partial charge in [0, 0.05) is 48.4 Å². The first-order chi connectivity index (χ1) is 28.6. The lowest BCUT2D eigenvalue weighted by molar-refractivity contribution is 0.589. The van der Waals surface area contributed by atoms with E-state index in [0.29, 0.717) is 0 Å². The van der Waals surface area contributed by atoms with E-state index in [-0.39, 0.29) is 5.41 Å². The highest BCUT2D eigenvalue weighted by molar-refractivity contribution is 7.26. The van der Waals surface area contributed by atoms with Gasteiger partial charge < -0.3 is 9.13 Å². The third-order valence-corrected chi connectivity index (χ3v) is 13.7. The maximum absolute atomic E-state index is 2.51. The normalized spacial score (nSPS) is 15.3. The molecule has 11 aromatic rings. The van der Waals surface area contributed by atoms with E-state index >= 15 is 0 Å². The Balaban J connectivity index is 1.03. The predicted octanol–water partition coefficient (Wildman–Crippen LogP) is 15.0. The average molecular weight is 759 g/mol. The van der Waals surface area contributed by atoms with E-state index in [1.54, 1.807) is 0 Å². The lowest BCUT2D eigenvalue weighted by atomic mass is 9.73. The lowest BCUT2D eigenvalue weighted by Crippen LogP contribution is -2.25. The Morgan fingerprint density at radius 1 is 0.500 bits per heavy atom. The van der Waals surface area contributed by atoms with Crippen molar-refractivity contribution < 1.29 is 0 Å². The second kappa shape index (κ2) is 12.8. The van der Waals surface area contributed by atoms with Crippen LogP contribution >= 0.6 is 11.3 Å². The van der Waals surface area contributed by atoms with Crippen molar-refractivity contribution in [3.63, 3.8) is 0 Å². The smallest absolute Gasteiger partial charge is 0.0641 e. The molecule has 0 aliphatic heterocycles. The van der Waals surface area contributed by atoms with Crippen LogP contribution in [0.3, 0.4) is 0 Å². The minimum atomic E-state index is -0.176. The van der Waals surface area contributed by atoms with Gasteiger partial charge in [-0.3, -0.25) is 0 Å². The summed E-state index contributed by atoms with van der Waals surface area (Å²) in [6.07, 6.45) is 5.74. The molecule has 1 aliphatic rings. The summed E-state index contributed by atoms with van der Waals surface area (Å²) in [6, 6.07) is 69.2. The molecule has 0 amide bonds. The van der Waals surface area contributed by atoms with Gasteiger partial charge >= 0.3 is 0 Å². The first-order valence-corrected chi connectivity index (χ1v) is 21.0. The van der Waals surface area contributed by atoms with Crippen molar-refractivity contribution in [1.29, 1.82) is 0 Å². The molecule has 1 atom stereocenters. The molecule has 58 heavy (non-hydrogen) atoms. The number of para-hydroxylation sites is 3. The van der Waals surface area contributed by atoms with Gasteiger partial charge in [-0.15, -0.1) is 11.3 Å². The van der Waals surface area contributed by atoms with Gasteiger partial charge in [-0.05, 0) is 100 Å². The van der Waals surface area contributed by atoms with Crippen LogP contribution < -0.4 is 0 Å². The van der Waals surface area contributed by atoms with Crippen LogP contribution in [0.5, 0.6) is 0 Å². The van der Waals surface area contributed by atoms with Crippen LogP contribution in [-0.2, 0) is 11.8 Å². The fourth-order valence-electron chi connectivity index (χ4n) is 9.75. The quantitative estimate of drug-likeness (QED) is 0.165. The molecule has 3 heteroatoms. The van der Waals surface area contributed by atoms with Gasteiger partial charge in [-0.1, -0.05) is 146 Å². The Kier molecular flexibility index (Phi) is 7.33. The second-order valence-corrected chi connectivity index (χ2v) is 17.0. The number of aromatic nitrogens is 2. The van der Waals surface area contributed by atoms with Crippen molar-refractivity contribution >= 4 is 70.3 Å². The maximum Gasteiger partial charge on any atom is 0.0641 e. The monoisotopic (exact) mass is 758 g/mol. The highest BCUT2D eigenvalue weighted by Gasteiger charge is 2.32. The van der Waals surface area contributed by atoms with Crippen molar-refractivity contribution in [1.82, 2.24) is 9.13 Å². The van der Waals surface area contributed by atoms with E-state index in [0.717, 1.165) is 6.42 Å². The van der Waals surface area contributed by atoms with Gasteiger partial charge in [0.25, 0.3) is 0 Å². The van der Waals surface area contributed by atoms with E-state index in [4.69, 9.17) is 0 Å². The van der Waals surface area contributed by atoms with Crippen molar-refractivity contribution in [2.75, 3.05) is 0 Å². The fraction of sp³-hybridized carbons (Fsp3) is 0.0545. The predicted molar refractivity (Wildman–Crippen MR) is 248 cm³/mol. The molecular weight excluding hydrogens is 721 g/mol. The van der Waals surface area contributed by atoms with E-state index in [1.165, 1.54) is 103 Å². The summed E-state index contributed by atoms with van der Waals surface area (Å²) in [7, 11) is 0. The minimum absolute atomic E-state index is 0.176. The van der Waals surface area contributed by atoms with E-state index in [1.807, 2.05) is 11.3 Å². The summed E-state index contributed by atoms with van der Waals surface area (Å²) in [5.74, 6) is 0. The first-order valence-electron chi connectivity index (χ1n) is 20.1. The largest absolute Gasteiger partial charge is 0.310 e. The van der Waals surface area contributed by atoms with Crippen LogP contribution in [0.25, 0.3) is 92.6 Å². The Morgan fingerprint density at radius 2 is 1.16 bits per heavy atom. The Labute approximate surface area is 341 Å². The van der Waals surface area contributed by atoms with Crippen LogP contribution in [0.4, 0.5) is 0 Å². The van der Waals surface area contributed by atoms with Crippen LogP contribution in [0, 0.1) is 0 Å². The summed E-state index contributed by atoms with van der Waals surface area (Å²) in [5.41, 5.74) is 14.9. The van der Waals surface area contributed by atoms with Crippen LogP contribution in [0.1, 0.15) is 23.7 Å². The zero-order valence-electron chi connectivity index (χ0n) is 32.1. The number of rotatable bonds is 5. The van der Waals surface area contributed by atoms with Crippen molar-refractivity contribution in [2.45, 2.75) is 18.8 Å². The van der Waals surface area contributed by atoms with Crippen LogP contribution in [0.2, 0.25) is 0 Å². The average Bonchev–Trinajstić information content (AvgIpc) is 3.95. The highest BCUT2D eigenvalue weighted by atomic mass is 32.1. The molecule has 3 heterocycles. The van der Waals surface area contributed by atoms with Gasteiger partial charge in [-0.2, -0.15) is 0 Å². The van der Waals surface area contributed by atoms with Gasteiger partial charge in [0.05, 0.1) is 26.9 Å². The summed E-state index contributed by atoms with van der Waals surface area (Å²) in [4.78, 5) is 0. The molecule has 0 N–H and O–H groups in total. The van der Waals surface area contributed by atoms with Gasteiger partial charge in [-0.25, -0.2) is 0 Å². The number of fused-ring (bicyclic) bond motifs is 9. The first kappa shape index (κ1) is 33.2. The standard InChI is InChI=1S/C55H38N2S/c1-55(32-31-50-46(35-55)43-22-9-11-24-47(43)56(50)40-19-6-3-7-20-40)39-27-29-49-45(34-39)42-21-8-12-25-48(42)57(49)51-30-28-41(53-44-23-10-13-26-52(44)58-54(51)53)38-18-14-17-37(33-38)36-15-4-2-5-16-36/h2-34H,35H2,1H3. The Hall–Kier alpha value is -6.94. The van der Waals surface area contributed by atoms with Crippen molar-refractivity contribution in [3.05, 3.63) is 211 Å². The fourth-order valence-corrected chi connectivity index (χ4v) is 11.0. The van der Waals surface area contributed by atoms with Crippen molar-refractivity contribution in [2.24, 2.45) is 0 Å². The molecule has 0 saturated heterocycles. The topological polar surface area (TPSA) is 9.86 Å². The molecule has 0 saturated carbocycles. The molecule has 0 bridgehead atoms.